The molecule has 3 heterocycles. The normalized spacial score (nSPS) is 32.4. The van der Waals surface area contributed by atoms with Crippen LogP contribution in [0, 0.1) is 0 Å². The number of piperidine rings is 1. The van der Waals surface area contributed by atoms with E-state index in [1.54, 1.807) is 4.90 Å². The van der Waals surface area contributed by atoms with E-state index >= 15 is 0 Å². The number of hydrogen-bond donors (Lipinski definition) is 1. The summed E-state index contributed by atoms with van der Waals surface area (Å²) in [5.41, 5.74) is -0.695. The van der Waals surface area contributed by atoms with Gasteiger partial charge in [0.25, 0.3) is 0 Å². The number of nitrogens with zero attached hydrogens (tertiary/aromatic N) is 6. The maximum atomic E-state index is 13.5. The van der Waals surface area contributed by atoms with E-state index in [2.05, 4.69) is 15.5 Å². The summed E-state index contributed by atoms with van der Waals surface area (Å²) in [4.78, 5) is 30.1. The van der Waals surface area contributed by atoms with Crippen molar-refractivity contribution in [2.75, 3.05) is 13.1 Å². The Morgan fingerprint density at radius 2 is 1.92 bits per heavy atom. The van der Waals surface area contributed by atoms with Crippen molar-refractivity contribution in [1.29, 1.82) is 0 Å². The summed E-state index contributed by atoms with van der Waals surface area (Å²) < 4.78 is 1.40. The molecule has 3 aliphatic rings. The zero-order valence-electron chi connectivity index (χ0n) is 15.0. The van der Waals surface area contributed by atoms with E-state index in [0.29, 0.717) is 6.54 Å². The van der Waals surface area contributed by atoms with Crippen LogP contribution in [-0.2, 0) is 16.1 Å². The topological polar surface area (TPSA) is 104 Å². The molecule has 2 amide bonds. The number of aliphatic hydroxyl groups excluding tert-OH is 1. The average Bonchev–Trinajstić information content (AvgIpc) is 3.29. The number of aliphatic hydroxyl groups is 1. The molecule has 1 N–H and O–H groups in total. The summed E-state index contributed by atoms with van der Waals surface area (Å²) in [5.74, 6) is 0.0109. The summed E-state index contributed by atoms with van der Waals surface area (Å²) in [6.45, 7) is 1.44. The van der Waals surface area contributed by atoms with Crippen LogP contribution >= 0.6 is 0 Å². The van der Waals surface area contributed by atoms with Crippen molar-refractivity contribution in [2.45, 2.75) is 75.6 Å². The summed E-state index contributed by atoms with van der Waals surface area (Å²) in [5, 5.41) is 20.7. The molecule has 1 unspecified atom stereocenters. The molecule has 0 aromatic carbocycles. The lowest BCUT2D eigenvalue weighted by Crippen LogP contribution is -2.63. The van der Waals surface area contributed by atoms with Crippen molar-refractivity contribution in [1.82, 2.24) is 30.0 Å². The molecule has 0 bridgehead atoms. The Balaban J connectivity index is 1.51. The fourth-order valence-corrected chi connectivity index (χ4v) is 4.94. The highest BCUT2D eigenvalue weighted by atomic mass is 16.3. The van der Waals surface area contributed by atoms with E-state index in [0.717, 1.165) is 57.9 Å². The Bertz CT molecular complexity index is 657. The van der Waals surface area contributed by atoms with Gasteiger partial charge in [-0.1, -0.05) is 0 Å². The van der Waals surface area contributed by atoms with Gasteiger partial charge in [-0.25, -0.2) is 4.68 Å². The van der Waals surface area contributed by atoms with Gasteiger partial charge in [0, 0.05) is 19.1 Å². The Kier molecular flexibility index (Phi) is 4.64. The number of amides is 2. The van der Waals surface area contributed by atoms with Crippen LogP contribution < -0.4 is 0 Å². The number of tetrazole rings is 1. The third-order valence-corrected chi connectivity index (χ3v) is 6.23. The highest BCUT2D eigenvalue weighted by Crippen LogP contribution is 2.40. The van der Waals surface area contributed by atoms with E-state index in [1.807, 2.05) is 4.90 Å². The van der Waals surface area contributed by atoms with Crippen LogP contribution in [0.25, 0.3) is 0 Å². The lowest BCUT2D eigenvalue weighted by molar-refractivity contribution is -0.158. The Morgan fingerprint density at radius 3 is 2.62 bits per heavy atom. The highest BCUT2D eigenvalue weighted by molar-refractivity contribution is 5.93. The van der Waals surface area contributed by atoms with Gasteiger partial charge in [0.05, 0.1) is 6.10 Å². The first-order chi connectivity index (χ1) is 12.6. The molecule has 0 radical (unpaired) electrons. The molecule has 9 nitrogen and oxygen atoms in total. The first-order valence-electron chi connectivity index (χ1n) is 9.60. The van der Waals surface area contributed by atoms with E-state index in [-0.39, 0.29) is 30.5 Å². The molecule has 1 aromatic heterocycles. The molecule has 1 aromatic rings. The van der Waals surface area contributed by atoms with Gasteiger partial charge in [-0.05, 0) is 61.8 Å². The smallest absolute Gasteiger partial charge is 0.248 e. The van der Waals surface area contributed by atoms with Crippen LogP contribution in [0.15, 0.2) is 6.33 Å². The van der Waals surface area contributed by atoms with E-state index in [9.17, 15) is 14.7 Å². The fourth-order valence-electron chi connectivity index (χ4n) is 4.94. The second-order valence-electron chi connectivity index (χ2n) is 7.75. The molecular weight excluding hydrogens is 336 g/mol. The van der Waals surface area contributed by atoms with Gasteiger partial charge in [-0.15, -0.1) is 5.10 Å². The predicted octanol–water partition coefficient (Wildman–Crippen LogP) is -0.0398. The van der Waals surface area contributed by atoms with E-state index < -0.39 is 5.54 Å². The van der Waals surface area contributed by atoms with Crippen LogP contribution in [0.1, 0.15) is 51.4 Å². The first kappa shape index (κ1) is 17.4. The molecule has 26 heavy (non-hydrogen) atoms. The number of rotatable bonds is 3. The quantitative estimate of drug-likeness (QED) is 0.809. The van der Waals surface area contributed by atoms with Crippen molar-refractivity contribution in [3.63, 3.8) is 0 Å². The minimum Gasteiger partial charge on any atom is -0.393 e. The number of carbonyl (C=O) groups is 2. The SMILES string of the molecule is O=C(Cn1cnnn1)N1CCCC12CCCN(C1CCC(O)CC1)C2=O. The van der Waals surface area contributed by atoms with Gasteiger partial charge >= 0.3 is 0 Å². The van der Waals surface area contributed by atoms with Crippen molar-refractivity contribution < 1.29 is 14.7 Å². The standard InChI is InChI=1S/C17H26N6O3/c24-14-5-3-13(4-6-14)22-9-1-7-17(16(22)26)8-2-10-23(17)15(25)11-21-12-18-19-20-21/h12-14,24H,1-11H2. The lowest BCUT2D eigenvalue weighted by Gasteiger charge is -2.48. The number of carbonyl (C=O) groups excluding carboxylic acids is 2. The monoisotopic (exact) mass is 362 g/mol. The maximum absolute atomic E-state index is 13.5. The van der Waals surface area contributed by atoms with Crippen LogP contribution in [0.3, 0.4) is 0 Å². The van der Waals surface area contributed by atoms with Gasteiger partial charge in [-0.3, -0.25) is 9.59 Å². The average molecular weight is 362 g/mol. The van der Waals surface area contributed by atoms with Crippen LogP contribution in [-0.4, -0.2) is 77.7 Å². The molecular formula is C17H26N6O3. The predicted molar refractivity (Wildman–Crippen MR) is 90.7 cm³/mol. The van der Waals surface area contributed by atoms with Crippen LogP contribution in [0.5, 0.6) is 0 Å². The number of aromatic nitrogens is 4. The van der Waals surface area contributed by atoms with Gasteiger partial charge in [0.1, 0.15) is 18.4 Å². The molecule has 9 heteroatoms. The van der Waals surface area contributed by atoms with Gasteiger partial charge in [0.2, 0.25) is 11.8 Å². The van der Waals surface area contributed by atoms with E-state index in [4.69, 9.17) is 0 Å². The second-order valence-corrected chi connectivity index (χ2v) is 7.75. The van der Waals surface area contributed by atoms with E-state index in [1.165, 1.54) is 11.0 Å². The molecule has 1 aliphatic carbocycles. The van der Waals surface area contributed by atoms with Gasteiger partial charge in [0.15, 0.2) is 0 Å². The minimum absolute atomic E-state index is 0.0671. The molecule has 3 fully saturated rings. The molecule has 2 aliphatic heterocycles. The highest BCUT2D eigenvalue weighted by Gasteiger charge is 2.53. The summed E-state index contributed by atoms with van der Waals surface area (Å²) in [6.07, 6.45) is 7.63. The van der Waals surface area contributed by atoms with Crippen LogP contribution in [0.4, 0.5) is 0 Å². The summed E-state index contributed by atoms with van der Waals surface area (Å²) in [7, 11) is 0. The zero-order chi connectivity index (χ0) is 18.1. The van der Waals surface area contributed by atoms with Crippen LogP contribution in [0.2, 0.25) is 0 Å². The van der Waals surface area contributed by atoms with Gasteiger partial charge in [-0.2, -0.15) is 0 Å². The molecule has 142 valence electrons. The molecule has 1 saturated carbocycles. The van der Waals surface area contributed by atoms with Gasteiger partial charge < -0.3 is 14.9 Å². The summed E-state index contributed by atoms with van der Waals surface area (Å²) >= 11 is 0. The van der Waals surface area contributed by atoms with Crippen molar-refractivity contribution in [3.05, 3.63) is 6.33 Å². The van der Waals surface area contributed by atoms with Crippen molar-refractivity contribution in [2.24, 2.45) is 0 Å². The number of hydrogen-bond acceptors (Lipinski definition) is 6. The molecule has 1 atom stereocenters. The molecule has 4 rings (SSSR count). The third kappa shape index (κ3) is 2.98. The minimum atomic E-state index is -0.695. The van der Waals surface area contributed by atoms with Crippen molar-refractivity contribution in [3.8, 4) is 0 Å². The molecule has 1 spiro atoms. The maximum Gasteiger partial charge on any atom is 0.248 e. The Morgan fingerprint density at radius 1 is 1.19 bits per heavy atom. The largest absolute Gasteiger partial charge is 0.393 e. The fraction of sp³-hybridized carbons (Fsp3) is 0.824. The van der Waals surface area contributed by atoms with Crippen molar-refractivity contribution >= 4 is 11.8 Å². The zero-order valence-corrected chi connectivity index (χ0v) is 15.0. The summed E-state index contributed by atoms with van der Waals surface area (Å²) in [6, 6.07) is 0.195. The Labute approximate surface area is 152 Å². The first-order valence-corrected chi connectivity index (χ1v) is 9.60. The third-order valence-electron chi connectivity index (χ3n) is 6.23. The molecule has 2 saturated heterocycles. The lowest BCUT2D eigenvalue weighted by atomic mass is 9.82. The number of likely N-dealkylation sites (tertiary alicyclic amines) is 2. The Hall–Kier alpha value is -2.03. The second kappa shape index (κ2) is 6.94.